The molecule has 0 bridgehead atoms. The van der Waals surface area contributed by atoms with E-state index in [0.717, 1.165) is 10.5 Å². The van der Waals surface area contributed by atoms with Crippen molar-refractivity contribution in [2.75, 3.05) is 16.4 Å². The molecule has 3 rings (SSSR count). The van der Waals surface area contributed by atoms with Crippen LogP contribution in [0.15, 0.2) is 77.7 Å². The van der Waals surface area contributed by atoms with E-state index in [-0.39, 0.29) is 34.6 Å². The molecule has 0 heterocycles. The SMILES string of the molecule is O=C(CSc1cccc(NC(=O)Cc2ccccc2)c1)Nc1ccc(Cl)c(C(=O)O)c1. The number of thioether (sulfide) groups is 1. The monoisotopic (exact) mass is 454 g/mol. The summed E-state index contributed by atoms with van der Waals surface area (Å²) in [5, 5.41) is 14.7. The minimum Gasteiger partial charge on any atom is -0.478 e. The van der Waals surface area contributed by atoms with Crippen LogP contribution in [-0.2, 0) is 16.0 Å². The number of hydrogen-bond donors (Lipinski definition) is 3. The number of amides is 2. The number of rotatable bonds is 8. The Labute approximate surface area is 188 Å². The predicted octanol–water partition coefficient (Wildman–Crippen LogP) is 4.95. The van der Waals surface area contributed by atoms with E-state index in [1.54, 1.807) is 24.3 Å². The highest BCUT2D eigenvalue weighted by molar-refractivity contribution is 8.00. The molecule has 0 spiro atoms. The van der Waals surface area contributed by atoms with E-state index < -0.39 is 5.97 Å². The molecule has 2 amide bonds. The lowest BCUT2D eigenvalue weighted by molar-refractivity contribution is -0.115. The van der Waals surface area contributed by atoms with Gasteiger partial charge in [-0.1, -0.05) is 48.0 Å². The largest absolute Gasteiger partial charge is 0.478 e. The molecule has 0 saturated heterocycles. The van der Waals surface area contributed by atoms with E-state index in [4.69, 9.17) is 16.7 Å². The van der Waals surface area contributed by atoms with Crippen LogP contribution in [0, 0.1) is 0 Å². The summed E-state index contributed by atoms with van der Waals surface area (Å²) in [5.74, 6) is -1.46. The molecule has 0 radical (unpaired) electrons. The number of carboxylic acids is 1. The molecule has 0 atom stereocenters. The second-order valence-electron chi connectivity index (χ2n) is 6.58. The number of aromatic carboxylic acids is 1. The number of carbonyl (C=O) groups is 3. The highest BCUT2D eigenvalue weighted by atomic mass is 35.5. The zero-order valence-electron chi connectivity index (χ0n) is 16.3. The van der Waals surface area contributed by atoms with E-state index in [9.17, 15) is 14.4 Å². The summed E-state index contributed by atoms with van der Waals surface area (Å²) in [7, 11) is 0. The van der Waals surface area contributed by atoms with Crippen LogP contribution in [-0.4, -0.2) is 28.6 Å². The molecule has 0 aliphatic rings. The first-order valence-corrected chi connectivity index (χ1v) is 10.7. The van der Waals surface area contributed by atoms with E-state index in [0.29, 0.717) is 11.4 Å². The first-order chi connectivity index (χ1) is 14.9. The number of halogens is 1. The van der Waals surface area contributed by atoms with Gasteiger partial charge in [-0.15, -0.1) is 11.8 Å². The van der Waals surface area contributed by atoms with Gasteiger partial charge in [0, 0.05) is 16.3 Å². The third kappa shape index (κ3) is 6.87. The molecule has 158 valence electrons. The Balaban J connectivity index is 1.54. The quantitative estimate of drug-likeness (QED) is 0.418. The average Bonchev–Trinajstić information content (AvgIpc) is 2.74. The lowest BCUT2D eigenvalue weighted by Gasteiger charge is -2.09. The van der Waals surface area contributed by atoms with Crippen LogP contribution < -0.4 is 10.6 Å². The molecule has 0 fully saturated rings. The molecular formula is C23H19ClN2O4S. The van der Waals surface area contributed by atoms with Crippen molar-refractivity contribution in [1.82, 2.24) is 0 Å². The smallest absolute Gasteiger partial charge is 0.337 e. The van der Waals surface area contributed by atoms with Gasteiger partial charge in [0.05, 0.1) is 22.8 Å². The number of nitrogens with one attached hydrogen (secondary N) is 2. The first kappa shape index (κ1) is 22.4. The molecule has 3 aromatic rings. The van der Waals surface area contributed by atoms with E-state index in [1.165, 1.54) is 23.9 Å². The van der Waals surface area contributed by atoms with Crippen LogP contribution in [0.1, 0.15) is 15.9 Å². The van der Waals surface area contributed by atoms with Gasteiger partial charge in [-0.3, -0.25) is 9.59 Å². The molecule has 8 heteroatoms. The topological polar surface area (TPSA) is 95.5 Å². The standard InChI is InChI=1S/C23H19ClN2O4S/c24-20-10-9-17(13-19(20)23(29)30)26-22(28)14-31-18-8-4-7-16(12-18)25-21(27)11-15-5-2-1-3-6-15/h1-10,12-13H,11,14H2,(H,25,27)(H,26,28)(H,29,30). The molecular weight excluding hydrogens is 436 g/mol. The lowest BCUT2D eigenvalue weighted by Crippen LogP contribution is -2.15. The number of anilines is 2. The molecule has 0 aliphatic carbocycles. The maximum atomic E-state index is 12.2. The van der Waals surface area contributed by atoms with Crippen LogP contribution in [0.25, 0.3) is 0 Å². The summed E-state index contributed by atoms with van der Waals surface area (Å²) < 4.78 is 0. The molecule has 31 heavy (non-hydrogen) atoms. The zero-order chi connectivity index (χ0) is 22.2. The molecule has 0 aromatic heterocycles. The second kappa shape index (κ2) is 10.7. The first-order valence-electron chi connectivity index (χ1n) is 9.30. The minimum atomic E-state index is -1.17. The van der Waals surface area contributed by atoms with Gasteiger partial charge < -0.3 is 15.7 Å². The normalized spacial score (nSPS) is 10.4. The van der Waals surface area contributed by atoms with Crippen molar-refractivity contribution in [1.29, 1.82) is 0 Å². The van der Waals surface area contributed by atoms with Gasteiger partial charge in [0.1, 0.15) is 0 Å². The lowest BCUT2D eigenvalue weighted by atomic mass is 10.1. The van der Waals surface area contributed by atoms with Crippen molar-refractivity contribution >= 4 is 52.5 Å². The maximum Gasteiger partial charge on any atom is 0.337 e. The average molecular weight is 455 g/mol. The van der Waals surface area contributed by atoms with Gasteiger partial charge in [-0.25, -0.2) is 4.79 Å². The second-order valence-corrected chi connectivity index (χ2v) is 8.03. The Morgan fingerprint density at radius 1 is 0.839 bits per heavy atom. The zero-order valence-corrected chi connectivity index (χ0v) is 17.9. The fraction of sp³-hybridized carbons (Fsp3) is 0.0870. The van der Waals surface area contributed by atoms with Crippen LogP contribution >= 0.6 is 23.4 Å². The van der Waals surface area contributed by atoms with Gasteiger partial charge in [-0.05, 0) is 42.0 Å². The molecule has 6 nitrogen and oxygen atoms in total. The van der Waals surface area contributed by atoms with Gasteiger partial charge in [0.2, 0.25) is 11.8 Å². The number of hydrogen-bond acceptors (Lipinski definition) is 4. The highest BCUT2D eigenvalue weighted by Gasteiger charge is 2.11. The van der Waals surface area contributed by atoms with Crippen molar-refractivity contribution < 1.29 is 19.5 Å². The fourth-order valence-electron chi connectivity index (χ4n) is 2.76. The summed E-state index contributed by atoms with van der Waals surface area (Å²) in [5.41, 5.74) is 1.85. The van der Waals surface area contributed by atoms with Crippen molar-refractivity contribution in [3.05, 3.63) is 88.9 Å². The summed E-state index contributed by atoms with van der Waals surface area (Å²) in [6.07, 6.45) is 0.278. The van der Waals surface area contributed by atoms with E-state index >= 15 is 0 Å². The third-order valence-corrected chi connectivity index (χ3v) is 5.50. The number of benzene rings is 3. The van der Waals surface area contributed by atoms with Crippen LogP contribution in [0.4, 0.5) is 11.4 Å². The number of carbonyl (C=O) groups excluding carboxylic acids is 2. The van der Waals surface area contributed by atoms with Crippen molar-refractivity contribution in [2.24, 2.45) is 0 Å². The van der Waals surface area contributed by atoms with E-state index in [2.05, 4.69) is 10.6 Å². The summed E-state index contributed by atoms with van der Waals surface area (Å²) in [4.78, 5) is 36.4. The van der Waals surface area contributed by atoms with Gasteiger partial charge in [0.15, 0.2) is 0 Å². The fourth-order valence-corrected chi connectivity index (χ4v) is 3.72. The molecule has 3 N–H and O–H groups in total. The maximum absolute atomic E-state index is 12.2. The molecule has 0 unspecified atom stereocenters. The molecule has 0 aliphatic heterocycles. The van der Waals surface area contributed by atoms with Crippen molar-refractivity contribution in [2.45, 2.75) is 11.3 Å². The Morgan fingerprint density at radius 3 is 2.29 bits per heavy atom. The minimum absolute atomic E-state index is 0.0777. The Hall–Kier alpha value is -3.29. The van der Waals surface area contributed by atoms with Gasteiger partial charge in [0.25, 0.3) is 0 Å². The van der Waals surface area contributed by atoms with E-state index in [1.807, 2.05) is 36.4 Å². The van der Waals surface area contributed by atoms with Gasteiger partial charge in [-0.2, -0.15) is 0 Å². The highest BCUT2D eigenvalue weighted by Crippen LogP contribution is 2.23. The Kier molecular flexibility index (Phi) is 7.70. The third-order valence-electron chi connectivity index (χ3n) is 4.18. The Morgan fingerprint density at radius 2 is 1.55 bits per heavy atom. The van der Waals surface area contributed by atoms with Crippen molar-refractivity contribution in [3.63, 3.8) is 0 Å². The predicted molar refractivity (Wildman–Crippen MR) is 123 cm³/mol. The Bertz CT molecular complexity index is 1110. The van der Waals surface area contributed by atoms with Crippen LogP contribution in [0.2, 0.25) is 5.02 Å². The summed E-state index contributed by atoms with van der Waals surface area (Å²) in [6, 6.07) is 21.0. The van der Waals surface area contributed by atoms with Crippen LogP contribution in [0.3, 0.4) is 0 Å². The molecule has 0 saturated carbocycles. The number of carboxylic acid groups (broad SMARTS) is 1. The molecule has 3 aromatic carbocycles. The van der Waals surface area contributed by atoms with Crippen LogP contribution in [0.5, 0.6) is 0 Å². The van der Waals surface area contributed by atoms with Gasteiger partial charge >= 0.3 is 5.97 Å². The summed E-state index contributed by atoms with van der Waals surface area (Å²) in [6.45, 7) is 0. The van der Waals surface area contributed by atoms with Crippen molar-refractivity contribution in [3.8, 4) is 0 Å². The summed E-state index contributed by atoms with van der Waals surface area (Å²) >= 11 is 7.14.